The summed E-state index contributed by atoms with van der Waals surface area (Å²) in [5.74, 6) is 1.10. The highest BCUT2D eigenvalue weighted by molar-refractivity contribution is 5.73. The number of aromatic amines is 1. The van der Waals surface area contributed by atoms with E-state index in [1.54, 1.807) is 13.3 Å². The number of methoxy groups -OCH3 is 1. The van der Waals surface area contributed by atoms with Crippen LogP contribution < -0.4 is 20.5 Å². The molecule has 30 heavy (non-hydrogen) atoms. The summed E-state index contributed by atoms with van der Waals surface area (Å²) in [5, 5.41) is 3.19. The third-order valence-corrected chi connectivity index (χ3v) is 5.32. The van der Waals surface area contributed by atoms with Gasteiger partial charge in [0.25, 0.3) is 5.56 Å². The van der Waals surface area contributed by atoms with Crippen LogP contribution in [0.1, 0.15) is 25.5 Å². The van der Waals surface area contributed by atoms with E-state index in [9.17, 15) is 4.79 Å². The van der Waals surface area contributed by atoms with Gasteiger partial charge in [-0.3, -0.25) is 4.79 Å². The molecule has 4 rings (SSSR count). The van der Waals surface area contributed by atoms with E-state index in [-0.39, 0.29) is 11.5 Å². The number of nitrogens with one attached hydrogen (secondary N) is 2. The Morgan fingerprint density at radius 2 is 1.93 bits per heavy atom. The lowest BCUT2D eigenvalue weighted by Crippen LogP contribution is -2.44. The van der Waals surface area contributed by atoms with E-state index in [2.05, 4.69) is 48.2 Å². The predicted octanol–water partition coefficient (Wildman–Crippen LogP) is 2.34. The standard InChI is InChI=1S/C21H27N7O2/c1-13(2)18-20(29)25-19-16(23-18)12-22-21(26-19)24-15-6-5-14(11-17(15)30-4)28-9-7-27(3)8-10-28/h5-6,11-13H,7-10H2,1-4H3,(H2,22,24,25,26,29). The first-order chi connectivity index (χ1) is 14.4. The molecule has 1 aromatic carbocycles. The fourth-order valence-corrected chi connectivity index (χ4v) is 3.52. The van der Waals surface area contributed by atoms with E-state index < -0.39 is 0 Å². The second-order valence-electron chi connectivity index (χ2n) is 7.83. The third kappa shape index (κ3) is 4.06. The van der Waals surface area contributed by atoms with Gasteiger partial charge in [-0.05, 0) is 19.2 Å². The van der Waals surface area contributed by atoms with Crippen molar-refractivity contribution in [3.05, 3.63) is 40.4 Å². The quantitative estimate of drug-likeness (QED) is 0.663. The molecule has 3 heterocycles. The van der Waals surface area contributed by atoms with Gasteiger partial charge in [0.2, 0.25) is 5.95 Å². The second kappa shape index (κ2) is 8.27. The van der Waals surface area contributed by atoms with Crippen molar-refractivity contribution in [3.63, 3.8) is 0 Å². The largest absolute Gasteiger partial charge is 0.494 e. The third-order valence-electron chi connectivity index (χ3n) is 5.32. The zero-order valence-electron chi connectivity index (χ0n) is 17.8. The molecule has 0 saturated carbocycles. The number of H-pyrrole nitrogens is 1. The monoisotopic (exact) mass is 409 g/mol. The van der Waals surface area contributed by atoms with Crippen LogP contribution in [0.4, 0.5) is 17.3 Å². The molecule has 1 aliphatic rings. The Morgan fingerprint density at radius 1 is 1.17 bits per heavy atom. The zero-order valence-corrected chi connectivity index (χ0v) is 17.8. The van der Waals surface area contributed by atoms with Gasteiger partial charge < -0.3 is 24.8 Å². The van der Waals surface area contributed by atoms with Crippen LogP contribution in [-0.2, 0) is 0 Å². The van der Waals surface area contributed by atoms with Crippen molar-refractivity contribution in [1.82, 2.24) is 24.8 Å². The summed E-state index contributed by atoms with van der Waals surface area (Å²) in [5.41, 5.74) is 3.09. The molecule has 0 atom stereocenters. The van der Waals surface area contributed by atoms with E-state index in [4.69, 9.17) is 4.74 Å². The maximum atomic E-state index is 12.2. The molecule has 0 unspecified atom stereocenters. The summed E-state index contributed by atoms with van der Waals surface area (Å²) in [7, 11) is 3.78. The summed E-state index contributed by atoms with van der Waals surface area (Å²) in [4.78, 5) is 32.9. The van der Waals surface area contributed by atoms with Gasteiger partial charge in [0.15, 0.2) is 5.65 Å². The molecule has 2 N–H and O–H groups in total. The Kier molecular flexibility index (Phi) is 5.54. The van der Waals surface area contributed by atoms with Crippen LogP contribution in [0, 0.1) is 0 Å². The van der Waals surface area contributed by atoms with Crippen LogP contribution in [-0.4, -0.2) is 65.2 Å². The molecule has 1 fully saturated rings. The molecular weight excluding hydrogens is 382 g/mol. The maximum Gasteiger partial charge on any atom is 0.271 e. The number of rotatable bonds is 5. The molecule has 9 nitrogen and oxygen atoms in total. The SMILES string of the molecule is COc1cc(N2CCN(C)CC2)ccc1Nc1ncc2nc(C(C)C)c(=O)[nH]c2n1. The van der Waals surface area contributed by atoms with Gasteiger partial charge in [-0.2, -0.15) is 4.98 Å². The zero-order chi connectivity index (χ0) is 21.3. The lowest BCUT2D eigenvalue weighted by Gasteiger charge is -2.34. The second-order valence-corrected chi connectivity index (χ2v) is 7.83. The van der Waals surface area contributed by atoms with Crippen LogP contribution in [0.15, 0.2) is 29.2 Å². The van der Waals surface area contributed by atoms with Gasteiger partial charge >= 0.3 is 0 Å². The number of fused-ring (bicyclic) bond motifs is 1. The number of nitrogens with zero attached hydrogens (tertiary/aromatic N) is 5. The summed E-state index contributed by atoms with van der Waals surface area (Å²) in [6.07, 6.45) is 1.61. The first-order valence-electron chi connectivity index (χ1n) is 10.1. The average Bonchev–Trinajstić information content (AvgIpc) is 2.74. The predicted molar refractivity (Wildman–Crippen MR) is 118 cm³/mol. The van der Waals surface area contributed by atoms with Gasteiger partial charge in [0.05, 0.1) is 19.0 Å². The fourth-order valence-electron chi connectivity index (χ4n) is 3.52. The Labute approximate surface area is 175 Å². The minimum atomic E-state index is -0.226. The summed E-state index contributed by atoms with van der Waals surface area (Å²) < 4.78 is 5.59. The molecular formula is C21H27N7O2. The van der Waals surface area contributed by atoms with Crippen LogP contribution in [0.5, 0.6) is 5.75 Å². The normalized spacial score (nSPS) is 15.0. The summed E-state index contributed by atoms with van der Waals surface area (Å²) in [6, 6.07) is 6.05. The summed E-state index contributed by atoms with van der Waals surface area (Å²) >= 11 is 0. The number of aromatic nitrogens is 4. The Bertz CT molecular complexity index is 1100. The molecule has 0 radical (unpaired) electrons. The van der Waals surface area contributed by atoms with Crippen molar-refractivity contribution in [3.8, 4) is 5.75 Å². The average molecular weight is 409 g/mol. The highest BCUT2D eigenvalue weighted by atomic mass is 16.5. The van der Waals surface area contributed by atoms with Crippen LogP contribution >= 0.6 is 0 Å². The van der Waals surface area contributed by atoms with E-state index in [0.717, 1.165) is 37.6 Å². The van der Waals surface area contributed by atoms with Gasteiger partial charge in [0.1, 0.15) is 17.0 Å². The van der Waals surface area contributed by atoms with Crippen molar-refractivity contribution in [2.75, 3.05) is 50.6 Å². The van der Waals surface area contributed by atoms with E-state index >= 15 is 0 Å². The van der Waals surface area contributed by atoms with Crippen molar-refractivity contribution in [2.45, 2.75) is 19.8 Å². The molecule has 158 valence electrons. The van der Waals surface area contributed by atoms with E-state index in [0.29, 0.717) is 28.6 Å². The Balaban J connectivity index is 1.59. The molecule has 0 spiro atoms. The molecule has 0 bridgehead atoms. The minimum absolute atomic E-state index is 0.0269. The molecule has 9 heteroatoms. The van der Waals surface area contributed by atoms with Gasteiger partial charge in [0, 0.05) is 43.9 Å². The number of ether oxygens (including phenoxy) is 1. The van der Waals surface area contributed by atoms with Crippen molar-refractivity contribution < 1.29 is 4.74 Å². The van der Waals surface area contributed by atoms with Crippen LogP contribution in [0.25, 0.3) is 11.2 Å². The maximum absolute atomic E-state index is 12.2. The lowest BCUT2D eigenvalue weighted by atomic mass is 10.1. The molecule has 1 saturated heterocycles. The number of likely N-dealkylation sites (N-methyl/N-ethyl adjacent to an activating group) is 1. The number of hydrogen-bond donors (Lipinski definition) is 2. The molecule has 0 aliphatic carbocycles. The molecule has 0 amide bonds. The van der Waals surface area contributed by atoms with E-state index in [1.807, 2.05) is 26.0 Å². The van der Waals surface area contributed by atoms with Crippen molar-refractivity contribution in [2.24, 2.45) is 0 Å². The van der Waals surface area contributed by atoms with Gasteiger partial charge in [-0.15, -0.1) is 0 Å². The summed E-state index contributed by atoms with van der Waals surface area (Å²) in [6.45, 7) is 7.91. The van der Waals surface area contributed by atoms with Gasteiger partial charge in [-0.25, -0.2) is 9.97 Å². The number of piperazine rings is 1. The number of benzene rings is 1. The van der Waals surface area contributed by atoms with E-state index in [1.165, 1.54) is 0 Å². The first kappa shape index (κ1) is 20.1. The molecule has 2 aromatic heterocycles. The highest BCUT2D eigenvalue weighted by Gasteiger charge is 2.16. The number of hydrogen-bond acceptors (Lipinski definition) is 8. The van der Waals surface area contributed by atoms with Gasteiger partial charge in [-0.1, -0.05) is 13.8 Å². The fraction of sp³-hybridized carbons (Fsp3) is 0.429. The first-order valence-corrected chi connectivity index (χ1v) is 10.1. The van der Waals surface area contributed by atoms with Crippen molar-refractivity contribution in [1.29, 1.82) is 0 Å². The van der Waals surface area contributed by atoms with Crippen LogP contribution in [0.3, 0.4) is 0 Å². The Hall–Kier alpha value is -3.20. The topological polar surface area (TPSA) is 99.3 Å². The molecule has 1 aliphatic heterocycles. The smallest absolute Gasteiger partial charge is 0.271 e. The lowest BCUT2D eigenvalue weighted by molar-refractivity contribution is 0.312. The minimum Gasteiger partial charge on any atom is -0.494 e. The van der Waals surface area contributed by atoms with Crippen LogP contribution in [0.2, 0.25) is 0 Å². The highest BCUT2D eigenvalue weighted by Crippen LogP contribution is 2.31. The Morgan fingerprint density at radius 3 is 2.63 bits per heavy atom. The number of anilines is 3. The molecule has 3 aromatic rings. The van der Waals surface area contributed by atoms with Crippen molar-refractivity contribution >= 4 is 28.5 Å².